The van der Waals surface area contributed by atoms with E-state index in [9.17, 15) is 9.59 Å². The Morgan fingerprint density at radius 2 is 1.21 bits per heavy atom. The summed E-state index contributed by atoms with van der Waals surface area (Å²) in [6.45, 7) is 13.0. The molecule has 6 aromatic rings. The molecular weight excluding hydrogens is 651 g/mol. The van der Waals surface area contributed by atoms with Crippen LogP contribution >= 0.6 is 0 Å². The van der Waals surface area contributed by atoms with E-state index in [1.54, 1.807) is 20.9 Å². The van der Waals surface area contributed by atoms with Crippen molar-refractivity contribution in [2.45, 2.75) is 26.8 Å². The van der Waals surface area contributed by atoms with Crippen LogP contribution < -0.4 is 36.5 Å². The van der Waals surface area contributed by atoms with Crippen LogP contribution in [0, 0.1) is 13.8 Å². The van der Waals surface area contributed by atoms with Gasteiger partial charge in [-0.25, -0.2) is 9.97 Å². The van der Waals surface area contributed by atoms with Crippen molar-refractivity contribution in [1.82, 2.24) is 29.4 Å². The number of aromatic nitrogens is 4. The Hall–Kier alpha value is -5.52. The van der Waals surface area contributed by atoms with Gasteiger partial charge in [-0.3, -0.25) is 18.4 Å². The summed E-state index contributed by atoms with van der Waals surface area (Å²) in [4.78, 5) is 41.4. The van der Waals surface area contributed by atoms with Gasteiger partial charge in [0.05, 0.1) is 22.8 Å². The Balaban J connectivity index is 0.000000162. The SMILES string of the molecule is C[C@H]1CN(c2ccc3nc(-c4ccc(N(C)C)cc4)cc(=O)n3c2)CCN1.Cc1ccc(-c2cc(=O)n3cc(N4CCNCC4)ccc3n2)cc1C. The molecule has 2 aliphatic heterocycles. The molecule has 0 radical (unpaired) electrons. The van der Waals surface area contributed by atoms with E-state index in [0.29, 0.717) is 23.0 Å². The summed E-state index contributed by atoms with van der Waals surface area (Å²) in [7, 11) is 4.01. The zero-order chi connectivity index (χ0) is 36.4. The molecule has 0 unspecified atom stereocenters. The Morgan fingerprint density at radius 1 is 0.654 bits per heavy atom. The molecule has 2 N–H and O–H groups in total. The van der Waals surface area contributed by atoms with Gasteiger partial charge in [-0.05, 0) is 74.4 Å². The van der Waals surface area contributed by atoms with Crippen molar-refractivity contribution in [3.05, 3.63) is 123 Å². The maximum absolute atomic E-state index is 12.7. The van der Waals surface area contributed by atoms with Crippen molar-refractivity contribution in [3.8, 4) is 22.5 Å². The van der Waals surface area contributed by atoms with Crippen LogP contribution in [0.25, 0.3) is 33.8 Å². The Morgan fingerprint density at radius 3 is 1.79 bits per heavy atom. The smallest absolute Gasteiger partial charge is 0.258 e. The van der Waals surface area contributed by atoms with Gasteiger partial charge >= 0.3 is 0 Å². The first kappa shape index (κ1) is 34.9. The Kier molecular flexibility index (Phi) is 10.1. The summed E-state index contributed by atoms with van der Waals surface area (Å²) >= 11 is 0. The maximum atomic E-state index is 12.7. The first-order valence-electron chi connectivity index (χ1n) is 18.0. The summed E-state index contributed by atoms with van der Waals surface area (Å²) in [6, 6.07) is 25.9. The Labute approximate surface area is 304 Å². The number of rotatable bonds is 5. The summed E-state index contributed by atoms with van der Waals surface area (Å²) in [5.41, 5.74) is 10.3. The number of piperazine rings is 2. The molecule has 0 bridgehead atoms. The van der Waals surface area contributed by atoms with E-state index >= 15 is 0 Å². The van der Waals surface area contributed by atoms with Crippen molar-refractivity contribution < 1.29 is 0 Å². The van der Waals surface area contributed by atoms with Crippen LogP contribution in [-0.4, -0.2) is 84.7 Å². The van der Waals surface area contributed by atoms with Gasteiger partial charge in [0, 0.05) is 107 Å². The zero-order valence-corrected chi connectivity index (χ0v) is 30.6. The predicted molar refractivity (Wildman–Crippen MR) is 212 cm³/mol. The highest BCUT2D eigenvalue weighted by molar-refractivity contribution is 5.66. The van der Waals surface area contributed by atoms with Crippen molar-refractivity contribution in [3.63, 3.8) is 0 Å². The number of hydrogen-bond donors (Lipinski definition) is 2. The molecule has 52 heavy (non-hydrogen) atoms. The van der Waals surface area contributed by atoms with Gasteiger partial charge in [0.15, 0.2) is 0 Å². The molecule has 0 aliphatic carbocycles. The first-order valence-corrected chi connectivity index (χ1v) is 18.0. The lowest BCUT2D eigenvalue weighted by Crippen LogP contribution is -2.49. The minimum atomic E-state index is -0.0586. The number of nitrogens with zero attached hydrogens (tertiary/aromatic N) is 7. The van der Waals surface area contributed by atoms with Crippen LogP contribution in [0.5, 0.6) is 0 Å². The first-order chi connectivity index (χ1) is 25.1. The van der Waals surface area contributed by atoms with Crippen LogP contribution in [0.4, 0.5) is 17.1 Å². The average molecular weight is 698 g/mol. The lowest BCUT2D eigenvalue weighted by molar-refractivity contribution is 0.484. The highest BCUT2D eigenvalue weighted by atomic mass is 16.1. The van der Waals surface area contributed by atoms with Crippen LogP contribution in [0.15, 0.2) is 101 Å². The summed E-state index contributed by atoms with van der Waals surface area (Å²) in [5, 5.41) is 6.79. The number of nitrogens with one attached hydrogen (secondary N) is 2. The highest BCUT2D eigenvalue weighted by Crippen LogP contribution is 2.23. The fourth-order valence-corrected chi connectivity index (χ4v) is 6.77. The second-order valence-electron chi connectivity index (χ2n) is 14.0. The summed E-state index contributed by atoms with van der Waals surface area (Å²) in [6.07, 6.45) is 3.81. The maximum Gasteiger partial charge on any atom is 0.258 e. The third kappa shape index (κ3) is 7.56. The Bertz CT molecular complexity index is 2330. The second kappa shape index (κ2) is 15.0. The molecule has 0 saturated carbocycles. The largest absolute Gasteiger partial charge is 0.378 e. The molecule has 1 atom stereocenters. The molecule has 6 heterocycles. The number of hydrogen-bond acceptors (Lipinski definition) is 9. The van der Waals surface area contributed by atoms with Crippen LogP contribution in [0.3, 0.4) is 0 Å². The van der Waals surface area contributed by atoms with Gasteiger partial charge in [0.2, 0.25) is 0 Å². The minimum Gasteiger partial charge on any atom is -0.378 e. The van der Waals surface area contributed by atoms with Gasteiger partial charge in [-0.15, -0.1) is 0 Å². The monoisotopic (exact) mass is 697 g/mol. The van der Waals surface area contributed by atoms with Crippen molar-refractivity contribution >= 4 is 28.4 Å². The molecule has 8 rings (SSSR count). The van der Waals surface area contributed by atoms with Gasteiger partial charge in [-0.1, -0.05) is 24.3 Å². The standard InChI is InChI=1S/C21H25N5O.C20H22N4O/c1-15-13-25(11-10-22-15)18-8-9-20-23-19(12-21(27)26(20)14-18)16-4-6-17(7-5-16)24(2)3;1-14-3-4-16(11-15(14)2)18-12-20(25)24-13-17(5-6-19(24)22-18)23-9-7-21-8-10-23/h4-9,12,14-15,22H,10-11,13H2,1-3H3;3-6,11-13,21H,7-10H2,1-2H3/t15-;/m0./s1. The molecule has 2 aliphatic rings. The number of benzene rings is 2. The molecule has 11 nitrogen and oxygen atoms in total. The molecule has 2 saturated heterocycles. The van der Waals surface area contributed by atoms with E-state index in [-0.39, 0.29) is 11.1 Å². The van der Waals surface area contributed by atoms with E-state index in [1.165, 1.54) is 11.1 Å². The topological polar surface area (TPSA) is 103 Å². The molecule has 4 aromatic heterocycles. The number of fused-ring (bicyclic) bond motifs is 2. The minimum absolute atomic E-state index is 0.0461. The van der Waals surface area contributed by atoms with E-state index in [1.807, 2.05) is 73.9 Å². The van der Waals surface area contributed by atoms with Gasteiger partial charge in [-0.2, -0.15) is 0 Å². The summed E-state index contributed by atoms with van der Waals surface area (Å²) < 4.78 is 3.28. The average Bonchev–Trinajstić information content (AvgIpc) is 3.16. The van der Waals surface area contributed by atoms with Gasteiger partial charge in [0.1, 0.15) is 11.3 Å². The molecular formula is C41H47N9O2. The highest BCUT2D eigenvalue weighted by Gasteiger charge is 2.17. The van der Waals surface area contributed by atoms with Crippen LogP contribution in [0.2, 0.25) is 0 Å². The third-order valence-electron chi connectivity index (χ3n) is 9.99. The van der Waals surface area contributed by atoms with Crippen molar-refractivity contribution in [2.24, 2.45) is 0 Å². The quantitative estimate of drug-likeness (QED) is 0.268. The van der Waals surface area contributed by atoms with E-state index in [2.05, 4.69) is 65.5 Å². The zero-order valence-electron chi connectivity index (χ0n) is 30.6. The fraction of sp³-hybridized carbons (Fsp3) is 0.317. The molecule has 2 fully saturated rings. The van der Waals surface area contributed by atoms with Crippen molar-refractivity contribution in [2.75, 3.05) is 74.6 Å². The predicted octanol–water partition coefficient (Wildman–Crippen LogP) is 4.61. The lowest BCUT2D eigenvalue weighted by atomic mass is 10.0. The molecule has 268 valence electrons. The molecule has 0 spiro atoms. The lowest BCUT2D eigenvalue weighted by Gasteiger charge is -2.33. The van der Waals surface area contributed by atoms with E-state index in [4.69, 9.17) is 9.97 Å². The number of pyridine rings is 2. The normalized spacial score (nSPS) is 16.1. The third-order valence-corrected chi connectivity index (χ3v) is 9.99. The van der Waals surface area contributed by atoms with Crippen molar-refractivity contribution in [1.29, 1.82) is 0 Å². The molecule has 2 aromatic carbocycles. The van der Waals surface area contributed by atoms with Gasteiger partial charge in [0.25, 0.3) is 11.1 Å². The van der Waals surface area contributed by atoms with E-state index < -0.39 is 0 Å². The second-order valence-corrected chi connectivity index (χ2v) is 14.0. The number of anilines is 3. The molecule has 11 heteroatoms. The van der Waals surface area contributed by atoms with Crippen LogP contribution in [0.1, 0.15) is 18.1 Å². The van der Waals surface area contributed by atoms with E-state index in [0.717, 1.165) is 79.7 Å². The van der Waals surface area contributed by atoms with Gasteiger partial charge < -0.3 is 25.3 Å². The summed E-state index contributed by atoms with van der Waals surface area (Å²) in [5.74, 6) is 0. The fourth-order valence-electron chi connectivity index (χ4n) is 6.77. The van der Waals surface area contributed by atoms with Crippen LogP contribution in [-0.2, 0) is 0 Å². The number of aryl methyl sites for hydroxylation is 2. The molecule has 0 amide bonds.